The summed E-state index contributed by atoms with van der Waals surface area (Å²) in [6.07, 6.45) is -4.89. The van der Waals surface area contributed by atoms with Gasteiger partial charge in [0.2, 0.25) is 5.91 Å². The van der Waals surface area contributed by atoms with E-state index in [9.17, 15) is 19.8 Å². The first kappa shape index (κ1) is 15.3. The normalized spacial score (nSPS) is 18.3. The summed E-state index contributed by atoms with van der Waals surface area (Å²) < 4.78 is 0. The Hall–Kier alpha value is -0.730. The molecule has 0 aromatic rings. The third-order valence-corrected chi connectivity index (χ3v) is 2.14. The number of aliphatic hydroxyl groups is 4. The van der Waals surface area contributed by atoms with Crippen LogP contribution in [0.25, 0.3) is 0 Å². The van der Waals surface area contributed by atoms with E-state index in [1.54, 1.807) is 0 Å². The fourth-order valence-corrected chi connectivity index (χ4v) is 1.05. The number of carbonyl (C=O) groups is 2. The number of nitrogens with one attached hydrogen (secondary N) is 1. The van der Waals surface area contributed by atoms with E-state index < -0.39 is 42.7 Å². The van der Waals surface area contributed by atoms with E-state index in [1.165, 1.54) is 0 Å². The molecular formula is C8H14ClNO6. The highest BCUT2D eigenvalue weighted by Crippen LogP contribution is 2.03. The molecule has 0 aromatic heterocycles. The van der Waals surface area contributed by atoms with Crippen molar-refractivity contribution < 1.29 is 30.0 Å². The molecule has 0 heterocycles. The van der Waals surface area contributed by atoms with Gasteiger partial charge in [-0.1, -0.05) is 0 Å². The molecule has 1 amide bonds. The van der Waals surface area contributed by atoms with Crippen LogP contribution in [0, 0.1) is 0 Å². The first-order valence-electron chi connectivity index (χ1n) is 4.43. The van der Waals surface area contributed by atoms with Crippen molar-refractivity contribution >= 4 is 23.8 Å². The van der Waals surface area contributed by atoms with Gasteiger partial charge in [0.1, 0.15) is 36.5 Å². The van der Waals surface area contributed by atoms with Crippen LogP contribution in [-0.2, 0) is 9.59 Å². The quantitative estimate of drug-likeness (QED) is 0.243. The highest BCUT2D eigenvalue weighted by molar-refractivity contribution is 6.27. The van der Waals surface area contributed by atoms with Crippen LogP contribution in [0.5, 0.6) is 0 Å². The highest BCUT2D eigenvalue weighted by Gasteiger charge is 2.31. The van der Waals surface area contributed by atoms with Crippen molar-refractivity contribution in [3.63, 3.8) is 0 Å². The van der Waals surface area contributed by atoms with Crippen molar-refractivity contribution in [2.75, 3.05) is 12.5 Å². The summed E-state index contributed by atoms with van der Waals surface area (Å²) in [7, 11) is 0. The van der Waals surface area contributed by atoms with E-state index in [2.05, 4.69) is 0 Å². The predicted molar refractivity (Wildman–Crippen MR) is 53.8 cm³/mol. The van der Waals surface area contributed by atoms with Gasteiger partial charge in [-0.25, -0.2) is 0 Å². The lowest BCUT2D eigenvalue weighted by Crippen LogP contribution is -2.53. The van der Waals surface area contributed by atoms with Crippen LogP contribution in [-0.4, -0.2) is 69.5 Å². The second-order valence-corrected chi connectivity index (χ2v) is 3.36. The van der Waals surface area contributed by atoms with Crippen molar-refractivity contribution in [3.05, 3.63) is 0 Å². The number of hydrogen-bond donors (Lipinski definition) is 5. The van der Waals surface area contributed by atoms with Crippen molar-refractivity contribution in [1.82, 2.24) is 5.32 Å². The molecule has 0 spiro atoms. The molecule has 0 aliphatic rings. The van der Waals surface area contributed by atoms with Gasteiger partial charge < -0.3 is 30.5 Å². The number of carbonyl (C=O) groups excluding carboxylic acids is 2. The van der Waals surface area contributed by atoms with Crippen LogP contribution < -0.4 is 5.32 Å². The number of rotatable bonds is 7. The Morgan fingerprint density at radius 3 is 2.25 bits per heavy atom. The molecule has 5 N–H and O–H groups in total. The molecule has 0 bridgehead atoms. The average Bonchev–Trinajstić information content (AvgIpc) is 2.32. The van der Waals surface area contributed by atoms with E-state index in [0.717, 1.165) is 0 Å². The topological polar surface area (TPSA) is 127 Å². The molecule has 0 radical (unpaired) electrons. The maximum atomic E-state index is 10.8. The van der Waals surface area contributed by atoms with Gasteiger partial charge in [-0.15, -0.1) is 11.6 Å². The SMILES string of the molecule is O=C[C@H](NC(=O)CCl)[C@@H](O)[C@H](O)[C@H](O)CO. The lowest BCUT2D eigenvalue weighted by atomic mass is 10.0. The van der Waals surface area contributed by atoms with Crippen LogP contribution in [0.15, 0.2) is 0 Å². The van der Waals surface area contributed by atoms with Gasteiger partial charge in [-0.05, 0) is 0 Å². The third-order valence-electron chi connectivity index (χ3n) is 1.89. The number of aliphatic hydroxyl groups excluding tert-OH is 4. The Kier molecular flexibility index (Phi) is 7.18. The molecule has 8 heteroatoms. The molecule has 7 nitrogen and oxygen atoms in total. The van der Waals surface area contributed by atoms with E-state index in [4.69, 9.17) is 21.8 Å². The van der Waals surface area contributed by atoms with E-state index >= 15 is 0 Å². The Bertz CT molecular complexity index is 239. The number of aldehydes is 1. The summed E-state index contributed by atoms with van der Waals surface area (Å²) in [6.45, 7) is -0.784. The maximum Gasteiger partial charge on any atom is 0.235 e. The molecule has 0 aromatic carbocycles. The molecule has 4 atom stereocenters. The molecule has 0 rings (SSSR count). The minimum Gasteiger partial charge on any atom is -0.394 e. The standard InChI is InChI=1S/C8H14ClNO6/c9-1-6(14)10-4(2-11)7(15)8(16)5(13)3-12/h2,4-5,7-8,12-13,15-16H,1,3H2,(H,10,14)/t4-,5+,7+,8+/m0/s1. The second-order valence-electron chi connectivity index (χ2n) is 3.09. The lowest BCUT2D eigenvalue weighted by molar-refractivity contribution is -0.129. The second kappa shape index (κ2) is 7.53. The fourth-order valence-electron chi connectivity index (χ4n) is 0.972. The zero-order chi connectivity index (χ0) is 12.7. The summed E-state index contributed by atoms with van der Waals surface area (Å²) in [4.78, 5) is 21.4. The van der Waals surface area contributed by atoms with Gasteiger partial charge in [-0.2, -0.15) is 0 Å². The van der Waals surface area contributed by atoms with Gasteiger partial charge in [0.15, 0.2) is 0 Å². The molecule has 0 aliphatic carbocycles. The van der Waals surface area contributed by atoms with Gasteiger partial charge in [0.05, 0.1) is 6.61 Å². The van der Waals surface area contributed by atoms with E-state index in [0.29, 0.717) is 0 Å². The van der Waals surface area contributed by atoms with Crippen molar-refractivity contribution in [2.24, 2.45) is 0 Å². The Balaban J connectivity index is 4.45. The number of alkyl halides is 1. The molecular weight excluding hydrogens is 242 g/mol. The minimum absolute atomic E-state index is 0.197. The molecule has 0 aliphatic heterocycles. The van der Waals surface area contributed by atoms with E-state index in [1.807, 2.05) is 5.32 Å². The van der Waals surface area contributed by atoms with Gasteiger partial charge in [0.25, 0.3) is 0 Å². The molecule has 0 unspecified atom stereocenters. The van der Waals surface area contributed by atoms with Gasteiger partial charge in [-0.3, -0.25) is 4.79 Å². The van der Waals surface area contributed by atoms with Crippen molar-refractivity contribution in [3.8, 4) is 0 Å². The Morgan fingerprint density at radius 1 is 1.31 bits per heavy atom. The predicted octanol–water partition coefficient (Wildman–Crippen LogP) is -3.02. The van der Waals surface area contributed by atoms with Gasteiger partial charge in [0, 0.05) is 0 Å². The third kappa shape index (κ3) is 4.42. The van der Waals surface area contributed by atoms with Crippen LogP contribution in [0.2, 0.25) is 0 Å². The largest absolute Gasteiger partial charge is 0.394 e. The summed E-state index contributed by atoms with van der Waals surface area (Å²) in [5.41, 5.74) is 0. The first-order valence-corrected chi connectivity index (χ1v) is 4.97. The molecule has 0 fully saturated rings. The molecule has 94 valence electrons. The minimum atomic E-state index is -1.75. The lowest BCUT2D eigenvalue weighted by Gasteiger charge is -2.25. The van der Waals surface area contributed by atoms with Crippen LogP contribution in [0.3, 0.4) is 0 Å². The van der Waals surface area contributed by atoms with Crippen LogP contribution >= 0.6 is 11.6 Å². The van der Waals surface area contributed by atoms with Crippen molar-refractivity contribution in [2.45, 2.75) is 24.4 Å². The zero-order valence-electron chi connectivity index (χ0n) is 8.28. The van der Waals surface area contributed by atoms with E-state index in [-0.39, 0.29) is 6.29 Å². The number of hydrogen-bond acceptors (Lipinski definition) is 6. The number of halogens is 1. The first-order chi connectivity index (χ1) is 7.47. The fraction of sp³-hybridized carbons (Fsp3) is 0.750. The summed E-state index contributed by atoms with van der Waals surface area (Å²) in [5.74, 6) is -1.11. The molecule has 16 heavy (non-hydrogen) atoms. The Labute approximate surface area is 96.6 Å². The van der Waals surface area contributed by atoms with Gasteiger partial charge >= 0.3 is 0 Å². The van der Waals surface area contributed by atoms with Crippen LogP contribution in [0.4, 0.5) is 0 Å². The van der Waals surface area contributed by atoms with Crippen LogP contribution in [0.1, 0.15) is 0 Å². The monoisotopic (exact) mass is 255 g/mol. The summed E-state index contributed by atoms with van der Waals surface area (Å²) >= 11 is 5.17. The Morgan fingerprint density at radius 2 is 1.88 bits per heavy atom. The van der Waals surface area contributed by atoms with Crippen molar-refractivity contribution in [1.29, 1.82) is 0 Å². The average molecular weight is 256 g/mol. The maximum absolute atomic E-state index is 10.8. The smallest absolute Gasteiger partial charge is 0.235 e. The molecule has 0 saturated heterocycles. The summed E-state index contributed by atoms with van der Waals surface area (Å²) in [5, 5.41) is 38.3. The summed E-state index contributed by atoms with van der Waals surface area (Å²) in [6, 6.07) is -1.40. The molecule has 0 saturated carbocycles. The number of amides is 1. The highest BCUT2D eigenvalue weighted by atomic mass is 35.5. The zero-order valence-corrected chi connectivity index (χ0v) is 9.04.